The number of hydrogen-bond donors (Lipinski definition) is 2. The van der Waals surface area contributed by atoms with E-state index in [-0.39, 0.29) is 11.3 Å². The molecular formula is C27H21BrN2O4. The Morgan fingerprint density at radius 2 is 1.68 bits per heavy atom. The van der Waals surface area contributed by atoms with Gasteiger partial charge in [0.2, 0.25) is 0 Å². The number of aliphatic hydroxyl groups is 1. The number of carbonyl (C=O) groups is 2. The highest BCUT2D eigenvalue weighted by molar-refractivity contribution is 9.10. The van der Waals surface area contributed by atoms with Crippen LogP contribution in [0.15, 0.2) is 82.8 Å². The Kier molecular flexibility index (Phi) is 5.49. The van der Waals surface area contributed by atoms with Crippen LogP contribution >= 0.6 is 15.9 Å². The molecule has 0 radical (unpaired) electrons. The molecule has 1 saturated heterocycles. The van der Waals surface area contributed by atoms with E-state index in [0.29, 0.717) is 17.0 Å². The number of aromatic nitrogens is 1. The van der Waals surface area contributed by atoms with E-state index in [1.165, 1.54) is 4.90 Å². The number of hydrogen-bond acceptors (Lipinski definition) is 4. The van der Waals surface area contributed by atoms with Gasteiger partial charge in [-0.05, 0) is 49.4 Å². The lowest BCUT2D eigenvalue weighted by molar-refractivity contribution is -0.132. The SMILES string of the molecule is COc1ccc(N2C(=O)C(=O)/C(=C(/O)c3ccc(Br)cc3)C2c2c(C)[nH]c3ccccc23)cc1. The summed E-state index contributed by atoms with van der Waals surface area (Å²) in [7, 11) is 1.56. The summed E-state index contributed by atoms with van der Waals surface area (Å²) in [5.41, 5.74) is 3.51. The summed E-state index contributed by atoms with van der Waals surface area (Å²) in [6.07, 6.45) is 0. The predicted molar refractivity (Wildman–Crippen MR) is 135 cm³/mol. The van der Waals surface area contributed by atoms with Crippen LogP contribution in [-0.2, 0) is 9.59 Å². The standard InChI is InChI=1S/C27H21BrN2O4/c1-15-22(20-5-3-4-6-21(20)29-15)24-23(25(31)16-7-9-17(28)10-8-16)26(32)27(33)30(24)18-11-13-19(34-2)14-12-18/h3-14,24,29,31H,1-2H3/b25-23+. The molecule has 2 heterocycles. The Balaban J connectivity index is 1.79. The Labute approximate surface area is 204 Å². The summed E-state index contributed by atoms with van der Waals surface area (Å²) in [5.74, 6) is -1.00. The number of halogens is 1. The Bertz CT molecular complexity index is 1450. The van der Waals surface area contributed by atoms with Crippen molar-refractivity contribution in [3.63, 3.8) is 0 Å². The van der Waals surface area contributed by atoms with Crippen molar-refractivity contribution in [1.29, 1.82) is 0 Å². The summed E-state index contributed by atoms with van der Waals surface area (Å²) in [6.45, 7) is 1.91. The molecule has 1 aromatic heterocycles. The fraction of sp³-hybridized carbons (Fsp3) is 0.111. The number of aliphatic hydroxyl groups excluding tert-OH is 1. The number of ketones is 1. The number of benzene rings is 3. The molecule has 4 aromatic rings. The number of anilines is 1. The Hall–Kier alpha value is -3.84. The lowest BCUT2D eigenvalue weighted by Gasteiger charge is -2.26. The Morgan fingerprint density at radius 1 is 1.00 bits per heavy atom. The van der Waals surface area contributed by atoms with Gasteiger partial charge in [0.1, 0.15) is 11.5 Å². The molecule has 1 unspecified atom stereocenters. The second-order valence-corrected chi connectivity index (χ2v) is 9.00. The number of ether oxygens (including phenoxy) is 1. The maximum absolute atomic E-state index is 13.4. The van der Waals surface area contributed by atoms with Crippen LogP contribution in [0.2, 0.25) is 0 Å². The number of aromatic amines is 1. The van der Waals surface area contributed by atoms with E-state index < -0.39 is 17.7 Å². The van der Waals surface area contributed by atoms with Crippen molar-refractivity contribution in [3.05, 3.63) is 99.7 Å². The number of methoxy groups -OCH3 is 1. The second-order valence-electron chi connectivity index (χ2n) is 8.08. The first-order valence-corrected chi connectivity index (χ1v) is 11.5. The van der Waals surface area contributed by atoms with Gasteiger partial charge in [0.25, 0.3) is 11.7 Å². The van der Waals surface area contributed by atoms with Crippen LogP contribution < -0.4 is 9.64 Å². The molecule has 1 aliphatic rings. The molecule has 1 amide bonds. The first-order valence-electron chi connectivity index (χ1n) is 10.7. The molecule has 3 aromatic carbocycles. The zero-order valence-electron chi connectivity index (χ0n) is 18.5. The number of fused-ring (bicyclic) bond motifs is 1. The van der Waals surface area contributed by atoms with E-state index in [2.05, 4.69) is 20.9 Å². The quantitative estimate of drug-likeness (QED) is 0.202. The molecule has 170 valence electrons. The fourth-order valence-electron chi connectivity index (χ4n) is 4.53. The molecule has 0 spiro atoms. The van der Waals surface area contributed by atoms with Crippen molar-refractivity contribution in [1.82, 2.24) is 4.98 Å². The van der Waals surface area contributed by atoms with Gasteiger partial charge in [0.05, 0.1) is 18.7 Å². The van der Waals surface area contributed by atoms with Crippen LogP contribution in [0.4, 0.5) is 5.69 Å². The summed E-state index contributed by atoms with van der Waals surface area (Å²) < 4.78 is 6.09. The molecule has 6 nitrogen and oxygen atoms in total. The van der Waals surface area contributed by atoms with Gasteiger partial charge in [-0.3, -0.25) is 14.5 Å². The average Bonchev–Trinajstić information content (AvgIpc) is 3.31. The maximum atomic E-state index is 13.4. The second kappa shape index (κ2) is 8.50. The van der Waals surface area contributed by atoms with Crippen molar-refractivity contribution in [2.75, 3.05) is 12.0 Å². The fourth-order valence-corrected chi connectivity index (χ4v) is 4.79. The minimum Gasteiger partial charge on any atom is -0.507 e. The molecule has 7 heteroatoms. The monoisotopic (exact) mass is 516 g/mol. The highest BCUT2D eigenvalue weighted by atomic mass is 79.9. The highest BCUT2D eigenvalue weighted by Gasteiger charge is 2.48. The zero-order valence-corrected chi connectivity index (χ0v) is 20.1. The van der Waals surface area contributed by atoms with E-state index in [0.717, 1.165) is 26.6 Å². The number of amides is 1. The van der Waals surface area contributed by atoms with Crippen molar-refractivity contribution in [3.8, 4) is 5.75 Å². The first-order chi connectivity index (χ1) is 16.4. The van der Waals surface area contributed by atoms with Crippen LogP contribution in [-0.4, -0.2) is 28.9 Å². The van der Waals surface area contributed by atoms with Crippen molar-refractivity contribution >= 4 is 50.0 Å². The lowest BCUT2D eigenvalue weighted by atomic mass is 9.93. The number of aryl methyl sites for hydroxylation is 1. The van der Waals surface area contributed by atoms with Crippen LogP contribution in [0.5, 0.6) is 5.75 Å². The van der Waals surface area contributed by atoms with Crippen LogP contribution in [0.3, 0.4) is 0 Å². The first kappa shape index (κ1) is 22.0. The molecule has 1 aliphatic heterocycles. The summed E-state index contributed by atoms with van der Waals surface area (Å²) >= 11 is 3.39. The minimum atomic E-state index is -0.812. The van der Waals surface area contributed by atoms with Gasteiger partial charge in [0, 0.05) is 37.9 Å². The van der Waals surface area contributed by atoms with Gasteiger partial charge >= 0.3 is 0 Å². The van der Waals surface area contributed by atoms with E-state index in [1.54, 1.807) is 55.6 Å². The van der Waals surface area contributed by atoms with Gasteiger partial charge in [0.15, 0.2) is 0 Å². The number of nitrogens with zero attached hydrogens (tertiary/aromatic N) is 1. The van der Waals surface area contributed by atoms with E-state index in [1.807, 2.05) is 31.2 Å². The third-order valence-electron chi connectivity index (χ3n) is 6.13. The molecule has 0 aliphatic carbocycles. The number of para-hydroxylation sites is 1. The predicted octanol–water partition coefficient (Wildman–Crippen LogP) is 5.87. The van der Waals surface area contributed by atoms with E-state index in [9.17, 15) is 14.7 Å². The van der Waals surface area contributed by atoms with Crippen LogP contribution in [0.1, 0.15) is 22.9 Å². The maximum Gasteiger partial charge on any atom is 0.300 e. The van der Waals surface area contributed by atoms with Crippen molar-refractivity contribution < 1.29 is 19.4 Å². The average molecular weight is 517 g/mol. The number of H-pyrrole nitrogens is 1. The number of Topliss-reactive ketones (excluding diaryl/α,β-unsaturated/α-hetero) is 1. The lowest BCUT2D eigenvalue weighted by Crippen LogP contribution is -2.29. The van der Waals surface area contributed by atoms with E-state index in [4.69, 9.17) is 4.74 Å². The summed E-state index contributed by atoms with van der Waals surface area (Å²) in [6, 6.07) is 20.8. The van der Waals surface area contributed by atoms with Gasteiger partial charge in [-0.1, -0.05) is 46.3 Å². The van der Waals surface area contributed by atoms with E-state index >= 15 is 0 Å². The van der Waals surface area contributed by atoms with Gasteiger partial charge in [-0.15, -0.1) is 0 Å². The molecular weight excluding hydrogens is 496 g/mol. The normalized spacial score (nSPS) is 17.5. The summed E-state index contributed by atoms with van der Waals surface area (Å²) in [5, 5.41) is 12.2. The molecule has 1 atom stereocenters. The third-order valence-corrected chi connectivity index (χ3v) is 6.66. The minimum absolute atomic E-state index is 0.0518. The molecule has 0 saturated carbocycles. The number of carbonyl (C=O) groups excluding carboxylic acids is 2. The van der Waals surface area contributed by atoms with Crippen molar-refractivity contribution in [2.24, 2.45) is 0 Å². The zero-order chi connectivity index (χ0) is 24.0. The van der Waals surface area contributed by atoms with Crippen LogP contribution in [0, 0.1) is 6.92 Å². The van der Waals surface area contributed by atoms with Crippen molar-refractivity contribution in [2.45, 2.75) is 13.0 Å². The molecule has 1 fully saturated rings. The topological polar surface area (TPSA) is 82.6 Å². The molecule has 5 rings (SSSR count). The van der Waals surface area contributed by atoms with Gasteiger partial charge in [-0.2, -0.15) is 0 Å². The number of nitrogens with one attached hydrogen (secondary N) is 1. The largest absolute Gasteiger partial charge is 0.507 e. The molecule has 0 bridgehead atoms. The smallest absolute Gasteiger partial charge is 0.300 e. The highest BCUT2D eigenvalue weighted by Crippen LogP contribution is 2.45. The number of rotatable bonds is 4. The molecule has 34 heavy (non-hydrogen) atoms. The van der Waals surface area contributed by atoms with Gasteiger partial charge < -0.3 is 14.8 Å². The third kappa shape index (κ3) is 3.49. The van der Waals surface area contributed by atoms with Crippen LogP contribution in [0.25, 0.3) is 16.7 Å². The summed E-state index contributed by atoms with van der Waals surface area (Å²) in [4.78, 5) is 31.6. The van der Waals surface area contributed by atoms with Gasteiger partial charge in [-0.25, -0.2) is 0 Å². The molecule has 2 N–H and O–H groups in total. The Morgan fingerprint density at radius 3 is 2.35 bits per heavy atom.